The molecule has 0 aliphatic heterocycles. The van der Waals surface area contributed by atoms with Crippen molar-refractivity contribution in [2.24, 2.45) is 0 Å². The first-order valence-electron chi connectivity index (χ1n) is 7.32. The lowest BCUT2D eigenvalue weighted by atomic mass is 10.0. The van der Waals surface area contributed by atoms with Gasteiger partial charge in [-0.25, -0.2) is 0 Å². The highest BCUT2D eigenvalue weighted by atomic mass is 32.2. The fourth-order valence-corrected chi connectivity index (χ4v) is 2.97. The van der Waals surface area contributed by atoms with Gasteiger partial charge in [-0.3, -0.25) is 0 Å². The summed E-state index contributed by atoms with van der Waals surface area (Å²) in [7, 11) is 0. The summed E-state index contributed by atoms with van der Waals surface area (Å²) in [4.78, 5) is 0. The molecule has 0 saturated carbocycles. The van der Waals surface area contributed by atoms with Gasteiger partial charge in [0.05, 0.1) is 17.5 Å². The monoisotopic (exact) mass is 296 g/mol. The van der Waals surface area contributed by atoms with Gasteiger partial charge in [0, 0.05) is 11.3 Å². The summed E-state index contributed by atoms with van der Waals surface area (Å²) < 4.78 is 5.99. The fourth-order valence-electron chi connectivity index (χ4n) is 2.17. The zero-order valence-electron chi connectivity index (χ0n) is 13.3. The van der Waals surface area contributed by atoms with E-state index in [1.165, 1.54) is 0 Å². The number of rotatable bonds is 8. The van der Waals surface area contributed by atoms with Crippen molar-refractivity contribution in [3.05, 3.63) is 18.2 Å². The minimum absolute atomic E-state index is 0.129. The van der Waals surface area contributed by atoms with Gasteiger partial charge < -0.3 is 15.8 Å². The van der Waals surface area contributed by atoms with Crippen LogP contribution in [0, 0.1) is 0 Å². The van der Waals surface area contributed by atoms with Gasteiger partial charge in [0.25, 0.3) is 0 Å². The molecule has 0 bridgehead atoms. The molecule has 0 aliphatic carbocycles. The molecule has 1 aromatic carbocycles. The molecule has 3 N–H and O–H groups in total. The Hall–Kier alpha value is -1.03. The van der Waals surface area contributed by atoms with Crippen LogP contribution >= 0.6 is 11.8 Å². The van der Waals surface area contributed by atoms with Crippen molar-refractivity contribution in [1.82, 2.24) is 0 Å². The Kier molecular flexibility index (Phi) is 6.53. The summed E-state index contributed by atoms with van der Waals surface area (Å²) in [6, 6.07) is 5.91. The molecule has 3 nitrogen and oxygen atoms in total. The molecule has 4 heteroatoms. The Morgan fingerprint density at radius 1 is 1.30 bits per heavy atom. The fraction of sp³-hybridized carbons (Fsp3) is 0.625. The van der Waals surface area contributed by atoms with E-state index in [0.29, 0.717) is 5.69 Å². The molecule has 0 aliphatic rings. The number of para-hydroxylation sites is 1. The molecule has 0 fully saturated rings. The number of ether oxygens (including phenoxy) is 1. The van der Waals surface area contributed by atoms with Crippen molar-refractivity contribution in [2.45, 2.75) is 51.4 Å². The third-order valence-corrected chi connectivity index (χ3v) is 5.34. The molecule has 114 valence electrons. The number of hydrogen-bond donors (Lipinski definition) is 2. The second-order valence-electron chi connectivity index (χ2n) is 5.33. The molecule has 0 heterocycles. The van der Waals surface area contributed by atoms with E-state index in [-0.39, 0.29) is 10.9 Å². The van der Waals surface area contributed by atoms with Gasteiger partial charge in [-0.05, 0) is 45.1 Å². The second-order valence-corrected chi connectivity index (χ2v) is 6.61. The lowest BCUT2D eigenvalue weighted by Crippen LogP contribution is -2.32. The standard InChI is InChI=1S/C16H28N2OS/c1-6-16(7-2,20-5)11-18-13-9-8-10-14(15(13)17)19-12(3)4/h8-10,12,18H,6-7,11,17H2,1-5H3. The molecule has 1 rings (SSSR count). The molecular formula is C16H28N2OS. The van der Waals surface area contributed by atoms with Crippen LogP contribution in [0.2, 0.25) is 0 Å². The summed E-state index contributed by atoms with van der Waals surface area (Å²) in [5.74, 6) is 0.757. The predicted octanol–water partition coefficient (Wildman–Crippen LogP) is 4.39. The number of benzene rings is 1. The Labute approximate surface area is 127 Å². The maximum Gasteiger partial charge on any atom is 0.144 e. The summed E-state index contributed by atoms with van der Waals surface area (Å²) >= 11 is 1.92. The van der Waals surface area contributed by atoms with Crippen LogP contribution in [0.3, 0.4) is 0 Å². The van der Waals surface area contributed by atoms with E-state index < -0.39 is 0 Å². The summed E-state index contributed by atoms with van der Waals surface area (Å²) in [5.41, 5.74) is 7.85. The van der Waals surface area contributed by atoms with E-state index in [4.69, 9.17) is 10.5 Å². The van der Waals surface area contributed by atoms with Crippen LogP contribution in [0.4, 0.5) is 11.4 Å². The predicted molar refractivity (Wildman–Crippen MR) is 91.9 cm³/mol. The van der Waals surface area contributed by atoms with Gasteiger partial charge >= 0.3 is 0 Å². The average Bonchev–Trinajstić information content (AvgIpc) is 2.44. The molecule has 0 radical (unpaired) electrons. The number of anilines is 2. The first kappa shape index (κ1) is 17.0. The molecule has 0 aromatic heterocycles. The van der Waals surface area contributed by atoms with Crippen molar-refractivity contribution in [3.63, 3.8) is 0 Å². The smallest absolute Gasteiger partial charge is 0.144 e. The van der Waals surface area contributed by atoms with Crippen LogP contribution in [-0.2, 0) is 0 Å². The van der Waals surface area contributed by atoms with Crippen molar-refractivity contribution in [1.29, 1.82) is 0 Å². The maximum atomic E-state index is 6.19. The Balaban J connectivity index is 2.83. The first-order valence-corrected chi connectivity index (χ1v) is 8.54. The van der Waals surface area contributed by atoms with Crippen LogP contribution < -0.4 is 15.8 Å². The minimum atomic E-state index is 0.129. The molecule has 0 amide bonds. The highest BCUT2D eigenvalue weighted by Gasteiger charge is 2.24. The van der Waals surface area contributed by atoms with E-state index in [9.17, 15) is 0 Å². The highest BCUT2D eigenvalue weighted by Crippen LogP contribution is 2.34. The van der Waals surface area contributed by atoms with Gasteiger partial charge in [0.2, 0.25) is 0 Å². The number of thioether (sulfide) groups is 1. The van der Waals surface area contributed by atoms with Crippen molar-refractivity contribution in [3.8, 4) is 5.75 Å². The molecule has 1 aromatic rings. The highest BCUT2D eigenvalue weighted by molar-refractivity contribution is 8.00. The number of hydrogen-bond acceptors (Lipinski definition) is 4. The zero-order chi connectivity index (χ0) is 15.2. The third kappa shape index (κ3) is 4.23. The van der Waals surface area contributed by atoms with Crippen molar-refractivity contribution >= 4 is 23.1 Å². The SMILES string of the molecule is CCC(CC)(CNc1cccc(OC(C)C)c1N)SC. The largest absolute Gasteiger partial charge is 0.489 e. The minimum Gasteiger partial charge on any atom is -0.489 e. The van der Waals surface area contributed by atoms with Crippen LogP contribution in [0.25, 0.3) is 0 Å². The summed E-state index contributed by atoms with van der Waals surface area (Å²) in [6.07, 6.45) is 4.58. The van der Waals surface area contributed by atoms with E-state index in [2.05, 4.69) is 25.4 Å². The van der Waals surface area contributed by atoms with Gasteiger partial charge in [0.1, 0.15) is 5.75 Å². The van der Waals surface area contributed by atoms with Crippen molar-refractivity contribution < 1.29 is 4.74 Å². The Morgan fingerprint density at radius 3 is 2.45 bits per heavy atom. The zero-order valence-corrected chi connectivity index (χ0v) is 14.1. The van der Waals surface area contributed by atoms with Crippen LogP contribution in [0.1, 0.15) is 40.5 Å². The Morgan fingerprint density at radius 2 is 1.95 bits per heavy atom. The molecule has 0 spiro atoms. The van der Waals surface area contributed by atoms with Gasteiger partial charge in [-0.1, -0.05) is 19.9 Å². The molecule has 0 saturated heterocycles. The average molecular weight is 296 g/mol. The Bertz CT molecular complexity index is 409. The van der Waals surface area contributed by atoms with E-state index in [0.717, 1.165) is 30.8 Å². The van der Waals surface area contributed by atoms with E-state index >= 15 is 0 Å². The molecule has 0 atom stereocenters. The lowest BCUT2D eigenvalue weighted by Gasteiger charge is -2.30. The topological polar surface area (TPSA) is 47.3 Å². The quantitative estimate of drug-likeness (QED) is 0.698. The van der Waals surface area contributed by atoms with Crippen LogP contribution in [0.15, 0.2) is 18.2 Å². The molecule has 20 heavy (non-hydrogen) atoms. The normalized spacial score (nSPS) is 11.7. The van der Waals surface area contributed by atoms with Gasteiger partial charge in [0.15, 0.2) is 0 Å². The van der Waals surface area contributed by atoms with E-state index in [1.807, 2.05) is 43.8 Å². The van der Waals surface area contributed by atoms with Crippen LogP contribution in [-0.4, -0.2) is 23.7 Å². The number of nitrogen functional groups attached to an aromatic ring is 1. The van der Waals surface area contributed by atoms with E-state index in [1.54, 1.807) is 0 Å². The summed E-state index contributed by atoms with van der Waals surface area (Å²) in [5, 5.41) is 3.49. The third-order valence-electron chi connectivity index (χ3n) is 3.75. The molecule has 0 unspecified atom stereocenters. The second kappa shape index (κ2) is 7.67. The van der Waals surface area contributed by atoms with Crippen LogP contribution in [0.5, 0.6) is 5.75 Å². The van der Waals surface area contributed by atoms with Crippen molar-refractivity contribution in [2.75, 3.05) is 23.9 Å². The maximum absolute atomic E-state index is 6.19. The number of nitrogens with two attached hydrogens (primary N) is 1. The summed E-state index contributed by atoms with van der Waals surface area (Å²) in [6.45, 7) is 9.40. The van der Waals surface area contributed by atoms with Gasteiger partial charge in [-0.15, -0.1) is 0 Å². The molecular weight excluding hydrogens is 268 g/mol. The number of nitrogens with one attached hydrogen (secondary N) is 1. The van der Waals surface area contributed by atoms with Gasteiger partial charge in [-0.2, -0.15) is 11.8 Å². The lowest BCUT2D eigenvalue weighted by molar-refractivity contribution is 0.244. The first-order chi connectivity index (χ1) is 9.48.